The van der Waals surface area contributed by atoms with Crippen molar-refractivity contribution in [2.24, 2.45) is 5.92 Å². The van der Waals surface area contributed by atoms with Gasteiger partial charge in [0.1, 0.15) is 23.2 Å². The lowest BCUT2D eigenvalue weighted by Crippen LogP contribution is -2.45. The number of carbonyl (C=O) groups excluding carboxylic acids is 1. The number of carbonyl (C=O) groups is 1. The minimum absolute atomic E-state index is 0.131. The average molecular weight is 445 g/mol. The van der Waals surface area contributed by atoms with E-state index in [1.165, 1.54) is 18.3 Å². The lowest BCUT2D eigenvalue weighted by Gasteiger charge is -2.26. The van der Waals surface area contributed by atoms with Gasteiger partial charge >= 0.3 is 6.03 Å². The number of nitrogens with one attached hydrogen (secondary N) is 2. The van der Waals surface area contributed by atoms with Gasteiger partial charge in [-0.15, -0.1) is 0 Å². The van der Waals surface area contributed by atoms with E-state index < -0.39 is 35.5 Å². The first kappa shape index (κ1) is 20.1. The molecule has 0 bridgehead atoms. The molecule has 2 N–H and O–H groups in total. The average Bonchev–Trinajstić information content (AvgIpc) is 3.56. The molecule has 2 amide bonds. The number of halogens is 4. The minimum atomic E-state index is -0.817. The van der Waals surface area contributed by atoms with E-state index in [1.807, 2.05) is 0 Å². The van der Waals surface area contributed by atoms with Gasteiger partial charge in [0.2, 0.25) is 0 Å². The van der Waals surface area contributed by atoms with Crippen molar-refractivity contribution in [2.75, 3.05) is 5.32 Å². The molecule has 3 unspecified atom stereocenters. The predicted molar refractivity (Wildman–Crippen MR) is 104 cm³/mol. The van der Waals surface area contributed by atoms with Crippen LogP contribution in [0.2, 0.25) is 0 Å². The van der Waals surface area contributed by atoms with Gasteiger partial charge in [0.05, 0.1) is 6.20 Å². The fraction of sp³-hybridized carbons (Fsp3) is 0.182. The molecule has 164 valence electrons. The highest BCUT2D eigenvalue weighted by atomic mass is 19.1. The molecule has 32 heavy (non-hydrogen) atoms. The molecule has 3 atom stereocenters. The highest BCUT2D eigenvalue weighted by Crippen LogP contribution is 2.57. The highest BCUT2D eigenvalue weighted by Gasteiger charge is 2.52. The van der Waals surface area contributed by atoms with E-state index in [4.69, 9.17) is 9.47 Å². The van der Waals surface area contributed by atoms with Crippen molar-refractivity contribution in [3.63, 3.8) is 0 Å². The van der Waals surface area contributed by atoms with Crippen molar-refractivity contribution in [3.05, 3.63) is 77.5 Å². The molecule has 0 spiro atoms. The van der Waals surface area contributed by atoms with Gasteiger partial charge in [0.25, 0.3) is 0 Å². The summed E-state index contributed by atoms with van der Waals surface area (Å²) in [5.74, 6) is -3.18. The molecule has 5 rings (SSSR count). The number of urea groups is 1. The van der Waals surface area contributed by atoms with E-state index in [1.54, 1.807) is 0 Å². The molecule has 2 aromatic carbocycles. The van der Waals surface area contributed by atoms with E-state index in [0.717, 1.165) is 30.3 Å². The van der Waals surface area contributed by atoms with Crippen LogP contribution in [0.15, 0.2) is 48.7 Å². The van der Waals surface area contributed by atoms with Gasteiger partial charge in [-0.25, -0.2) is 27.3 Å². The molecular weight excluding hydrogens is 430 g/mol. The van der Waals surface area contributed by atoms with Gasteiger partial charge < -0.3 is 14.8 Å². The van der Waals surface area contributed by atoms with E-state index in [-0.39, 0.29) is 40.5 Å². The fourth-order valence-electron chi connectivity index (χ4n) is 3.72. The zero-order chi connectivity index (χ0) is 22.4. The molecule has 1 saturated carbocycles. The van der Waals surface area contributed by atoms with Gasteiger partial charge in [-0.3, -0.25) is 5.32 Å². The number of hydrogen-bond donors (Lipinski definition) is 2. The van der Waals surface area contributed by atoms with Crippen molar-refractivity contribution in [1.82, 2.24) is 10.3 Å². The Morgan fingerprint density at radius 3 is 2.59 bits per heavy atom. The maximum atomic E-state index is 14.1. The second kappa shape index (κ2) is 7.70. The Kier molecular flexibility index (Phi) is 4.84. The summed E-state index contributed by atoms with van der Waals surface area (Å²) in [5, 5.41) is 5.08. The third kappa shape index (κ3) is 3.79. The minimum Gasteiger partial charge on any atom is -0.467 e. The SMILES string of the molecule is O=C(Nc1ccc(Oc2cc(F)ccc2F)cn1)NC1Oc2c(F)ccc(F)c2C2CC12. The largest absolute Gasteiger partial charge is 0.467 e. The van der Waals surface area contributed by atoms with Crippen LogP contribution in [0.5, 0.6) is 17.2 Å². The van der Waals surface area contributed by atoms with Crippen LogP contribution in [0.25, 0.3) is 0 Å². The van der Waals surface area contributed by atoms with Crippen molar-refractivity contribution >= 4 is 11.8 Å². The third-order valence-corrected chi connectivity index (χ3v) is 5.31. The van der Waals surface area contributed by atoms with Crippen molar-refractivity contribution in [2.45, 2.75) is 18.6 Å². The summed E-state index contributed by atoms with van der Waals surface area (Å²) >= 11 is 0. The molecule has 2 aliphatic rings. The van der Waals surface area contributed by atoms with Crippen LogP contribution in [0.3, 0.4) is 0 Å². The molecule has 1 aliphatic heterocycles. The predicted octanol–water partition coefficient (Wildman–Crippen LogP) is 5.07. The number of pyridine rings is 1. The normalized spacial score (nSPS) is 20.4. The number of fused-ring (bicyclic) bond motifs is 3. The Morgan fingerprint density at radius 2 is 1.81 bits per heavy atom. The van der Waals surface area contributed by atoms with Gasteiger partial charge in [0.15, 0.2) is 29.4 Å². The number of nitrogens with zero attached hydrogens (tertiary/aromatic N) is 1. The number of rotatable bonds is 4. The van der Waals surface area contributed by atoms with E-state index >= 15 is 0 Å². The monoisotopic (exact) mass is 445 g/mol. The van der Waals surface area contributed by atoms with Crippen molar-refractivity contribution in [3.8, 4) is 17.2 Å². The zero-order valence-electron chi connectivity index (χ0n) is 16.2. The van der Waals surface area contributed by atoms with Crippen LogP contribution < -0.4 is 20.1 Å². The highest BCUT2D eigenvalue weighted by molar-refractivity contribution is 5.88. The quantitative estimate of drug-likeness (QED) is 0.550. The molecule has 1 aromatic heterocycles. The third-order valence-electron chi connectivity index (χ3n) is 5.31. The van der Waals surface area contributed by atoms with Gasteiger partial charge in [-0.05, 0) is 48.7 Å². The number of aromatic nitrogens is 1. The summed E-state index contributed by atoms with van der Waals surface area (Å²) in [5.41, 5.74) is 0.209. The Morgan fingerprint density at radius 1 is 1.03 bits per heavy atom. The maximum Gasteiger partial charge on any atom is 0.323 e. The first-order valence-corrected chi connectivity index (χ1v) is 9.70. The van der Waals surface area contributed by atoms with Gasteiger partial charge in [-0.2, -0.15) is 0 Å². The Balaban J connectivity index is 1.22. The second-order valence-corrected chi connectivity index (χ2v) is 7.47. The van der Waals surface area contributed by atoms with Crippen LogP contribution in [0, 0.1) is 29.2 Å². The fourth-order valence-corrected chi connectivity index (χ4v) is 3.72. The smallest absolute Gasteiger partial charge is 0.323 e. The molecule has 6 nitrogen and oxygen atoms in total. The zero-order valence-corrected chi connectivity index (χ0v) is 16.2. The Bertz CT molecular complexity index is 1210. The lowest BCUT2D eigenvalue weighted by molar-refractivity contribution is 0.127. The summed E-state index contributed by atoms with van der Waals surface area (Å²) in [4.78, 5) is 16.3. The molecule has 2 heterocycles. The van der Waals surface area contributed by atoms with Crippen molar-refractivity contribution in [1.29, 1.82) is 0 Å². The summed E-state index contributed by atoms with van der Waals surface area (Å²) in [7, 11) is 0. The van der Waals surface area contributed by atoms with Crippen LogP contribution in [-0.4, -0.2) is 17.2 Å². The number of benzene rings is 2. The van der Waals surface area contributed by atoms with Crippen molar-refractivity contribution < 1.29 is 31.8 Å². The number of amides is 2. The van der Waals surface area contributed by atoms with E-state index in [0.29, 0.717) is 6.42 Å². The van der Waals surface area contributed by atoms with Crippen LogP contribution in [0.1, 0.15) is 17.9 Å². The Hall–Kier alpha value is -3.82. The number of hydrogen-bond acceptors (Lipinski definition) is 4. The summed E-state index contributed by atoms with van der Waals surface area (Å²) in [6, 6.07) is 7.01. The molecule has 0 radical (unpaired) electrons. The first-order chi connectivity index (χ1) is 15.4. The lowest BCUT2D eigenvalue weighted by atomic mass is 10.0. The van der Waals surface area contributed by atoms with E-state index in [9.17, 15) is 22.4 Å². The van der Waals surface area contributed by atoms with E-state index in [2.05, 4.69) is 15.6 Å². The Labute approximate surface area is 179 Å². The summed E-state index contributed by atoms with van der Waals surface area (Å²) in [6.45, 7) is 0. The van der Waals surface area contributed by atoms with Crippen LogP contribution >= 0.6 is 0 Å². The topological polar surface area (TPSA) is 72.5 Å². The molecule has 0 saturated heterocycles. The standard InChI is InChI=1S/C22H15F4N3O3/c23-10-1-3-14(24)17(7-10)31-11-2-6-18(27-9-11)28-22(30)29-21-13-8-12(13)19-15(25)4-5-16(26)20(19)32-21/h1-7,9,12-13,21H,8H2,(H2,27,28,29,30). The summed E-state index contributed by atoms with van der Waals surface area (Å²) in [6.07, 6.45) is 0.976. The number of anilines is 1. The molecule has 1 aliphatic carbocycles. The van der Waals surface area contributed by atoms with Crippen LogP contribution in [0.4, 0.5) is 28.2 Å². The molecule has 10 heteroatoms. The number of ether oxygens (including phenoxy) is 2. The van der Waals surface area contributed by atoms with Gasteiger partial charge in [-0.1, -0.05) is 0 Å². The van der Waals surface area contributed by atoms with Crippen LogP contribution in [-0.2, 0) is 0 Å². The first-order valence-electron chi connectivity index (χ1n) is 9.70. The maximum absolute atomic E-state index is 14.1. The summed E-state index contributed by atoms with van der Waals surface area (Å²) < 4.78 is 65.7. The molecule has 3 aromatic rings. The molecule has 1 fully saturated rings. The second-order valence-electron chi connectivity index (χ2n) is 7.47. The van der Waals surface area contributed by atoms with Gasteiger partial charge in [0, 0.05) is 17.5 Å². The molecular formula is C22H15F4N3O3.